The maximum atomic E-state index is 13.6. The van der Waals surface area contributed by atoms with E-state index in [-0.39, 0.29) is 10.8 Å². The van der Waals surface area contributed by atoms with Gasteiger partial charge in [-0.25, -0.2) is 9.18 Å². The summed E-state index contributed by atoms with van der Waals surface area (Å²) >= 11 is 5.61. The normalized spacial score (nSPS) is 13.0. The van der Waals surface area contributed by atoms with E-state index in [1.807, 2.05) is 0 Å². The maximum absolute atomic E-state index is 13.6. The van der Waals surface area contributed by atoms with E-state index in [9.17, 15) is 9.18 Å². The van der Waals surface area contributed by atoms with Gasteiger partial charge in [-0.1, -0.05) is 17.7 Å². The van der Waals surface area contributed by atoms with Crippen LogP contribution in [0.3, 0.4) is 0 Å². The Morgan fingerprint density at radius 2 is 2.00 bits per heavy atom. The summed E-state index contributed by atoms with van der Waals surface area (Å²) in [7, 11) is 0. The molecule has 0 fully saturated rings. The van der Waals surface area contributed by atoms with Crippen molar-refractivity contribution in [1.82, 2.24) is 0 Å². The van der Waals surface area contributed by atoms with Crippen molar-refractivity contribution in [3.05, 3.63) is 29.0 Å². The molecule has 18 heavy (non-hydrogen) atoms. The molecule has 1 aromatic rings. The highest BCUT2D eigenvalue weighted by atomic mass is 35.5. The number of carbonyl (C=O) groups is 1. The Balaban J connectivity index is 2.73. The van der Waals surface area contributed by atoms with Crippen molar-refractivity contribution in [2.75, 3.05) is 0 Å². The molecule has 1 rings (SSSR count). The van der Waals surface area contributed by atoms with Gasteiger partial charge in [-0.2, -0.15) is 0 Å². The number of esters is 1. The summed E-state index contributed by atoms with van der Waals surface area (Å²) in [5, 5.41) is -0.0520. The summed E-state index contributed by atoms with van der Waals surface area (Å²) in [5.74, 6) is -1.31. The van der Waals surface area contributed by atoms with E-state index in [0.29, 0.717) is 0 Å². The standard InChI is InChI=1S/C13H16ClFO3/c1-8(12(16)18-13(2,3)4)17-10-7-5-6-9(14)11(10)15/h5-8H,1-4H3. The van der Waals surface area contributed by atoms with Crippen LogP contribution in [0.25, 0.3) is 0 Å². The van der Waals surface area contributed by atoms with E-state index in [1.165, 1.54) is 19.1 Å². The third-order valence-corrected chi connectivity index (χ3v) is 2.25. The average molecular weight is 275 g/mol. The van der Waals surface area contributed by atoms with Gasteiger partial charge in [-0.05, 0) is 39.8 Å². The molecule has 3 nitrogen and oxygen atoms in total. The Morgan fingerprint density at radius 1 is 1.39 bits per heavy atom. The lowest BCUT2D eigenvalue weighted by molar-refractivity contribution is -0.162. The number of hydrogen-bond donors (Lipinski definition) is 0. The molecule has 100 valence electrons. The first kappa shape index (κ1) is 14.8. The summed E-state index contributed by atoms with van der Waals surface area (Å²) in [5.41, 5.74) is -0.610. The maximum Gasteiger partial charge on any atom is 0.347 e. The van der Waals surface area contributed by atoms with E-state index in [2.05, 4.69) is 0 Å². The molecule has 0 saturated carbocycles. The number of halogens is 2. The van der Waals surface area contributed by atoms with Crippen molar-refractivity contribution in [3.8, 4) is 5.75 Å². The van der Waals surface area contributed by atoms with Gasteiger partial charge in [0, 0.05) is 0 Å². The Bertz CT molecular complexity index is 440. The van der Waals surface area contributed by atoms with Gasteiger partial charge in [0.2, 0.25) is 0 Å². The number of hydrogen-bond acceptors (Lipinski definition) is 3. The Morgan fingerprint density at radius 3 is 2.56 bits per heavy atom. The smallest absolute Gasteiger partial charge is 0.347 e. The van der Waals surface area contributed by atoms with E-state index >= 15 is 0 Å². The summed E-state index contributed by atoms with van der Waals surface area (Å²) in [6.45, 7) is 6.74. The van der Waals surface area contributed by atoms with Crippen molar-refractivity contribution < 1.29 is 18.7 Å². The van der Waals surface area contributed by atoms with Crippen LogP contribution < -0.4 is 4.74 Å². The van der Waals surface area contributed by atoms with Crippen LogP contribution in [-0.2, 0) is 9.53 Å². The highest BCUT2D eigenvalue weighted by molar-refractivity contribution is 6.30. The minimum atomic E-state index is -0.905. The third kappa shape index (κ3) is 4.18. The largest absolute Gasteiger partial charge is 0.476 e. The predicted molar refractivity (Wildman–Crippen MR) is 67.3 cm³/mol. The quantitative estimate of drug-likeness (QED) is 0.790. The van der Waals surface area contributed by atoms with Crippen LogP contribution in [0.1, 0.15) is 27.7 Å². The third-order valence-electron chi connectivity index (χ3n) is 1.96. The van der Waals surface area contributed by atoms with Crippen molar-refractivity contribution in [2.45, 2.75) is 39.4 Å². The predicted octanol–water partition coefficient (Wildman–Crippen LogP) is 3.59. The molecule has 0 spiro atoms. The minimum absolute atomic E-state index is 0.0520. The molecule has 0 aliphatic carbocycles. The summed E-state index contributed by atoms with van der Waals surface area (Å²) in [4.78, 5) is 11.7. The Kier molecular flexibility index (Phi) is 4.57. The van der Waals surface area contributed by atoms with Crippen LogP contribution in [0.4, 0.5) is 4.39 Å². The fraction of sp³-hybridized carbons (Fsp3) is 0.462. The number of ether oxygens (including phenoxy) is 2. The molecule has 1 atom stereocenters. The van der Waals surface area contributed by atoms with Crippen LogP contribution in [0, 0.1) is 5.82 Å². The second kappa shape index (κ2) is 5.57. The van der Waals surface area contributed by atoms with E-state index in [0.717, 1.165) is 0 Å². The number of carbonyl (C=O) groups excluding carboxylic acids is 1. The first-order chi connectivity index (χ1) is 8.20. The molecular weight excluding hydrogens is 259 g/mol. The van der Waals surface area contributed by atoms with E-state index < -0.39 is 23.5 Å². The molecule has 1 unspecified atom stereocenters. The SMILES string of the molecule is CC(Oc1cccc(Cl)c1F)C(=O)OC(C)(C)C. The minimum Gasteiger partial charge on any atom is -0.476 e. The highest BCUT2D eigenvalue weighted by Gasteiger charge is 2.24. The number of rotatable bonds is 3. The van der Waals surface area contributed by atoms with Crippen molar-refractivity contribution in [2.24, 2.45) is 0 Å². The first-order valence-electron chi connectivity index (χ1n) is 5.54. The monoisotopic (exact) mass is 274 g/mol. The molecule has 0 N–H and O–H groups in total. The van der Waals surface area contributed by atoms with Gasteiger partial charge in [-0.3, -0.25) is 0 Å². The Labute approximate surface area is 111 Å². The van der Waals surface area contributed by atoms with Gasteiger partial charge >= 0.3 is 5.97 Å². The lowest BCUT2D eigenvalue weighted by Gasteiger charge is -2.22. The lowest BCUT2D eigenvalue weighted by Crippen LogP contribution is -2.33. The van der Waals surface area contributed by atoms with Gasteiger partial charge in [0.05, 0.1) is 5.02 Å². The molecule has 0 bridgehead atoms. The summed E-state index contributed by atoms with van der Waals surface area (Å²) in [6.07, 6.45) is -0.905. The fourth-order valence-corrected chi connectivity index (χ4v) is 1.36. The summed E-state index contributed by atoms with van der Waals surface area (Å²) in [6, 6.07) is 4.35. The van der Waals surface area contributed by atoms with Gasteiger partial charge in [0.1, 0.15) is 5.60 Å². The zero-order valence-corrected chi connectivity index (χ0v) is 11.5. The highest BCUT2D eigenvalue weighted by Crippen LogP contribution is 2.25. The van der Waals surface area contributed by atoms with Crippen LogP contribution in [0.5, 0.6) is 5.75 Å². The van der Waals surface area contributed by atoms with Gasteiger partial charge < -0.3 is 9.47 Å². The first-order valence-corrected chi connectivity index (χ1v) is 5.92. The van der Waals surface area contributed by atoms with Gasteiger partial charge in [0.15, 0.2) is 17.7 Å². The lowest BCUT2D eigenvalue weighted by atomic mass is 10.2. The van der Waals surface area contributed by atoms with Crippen molar-refractivity contribution >= 4 is 17.6 Å². The van der Waals surface area contributed by atoms with Gasteiger partial charge in [0.25, 0.3) is 0 Å². The van der Waals surface area contributed by atoms with Crippen LogP contribution in [-0.4, -0.2) is 17.7 Å². The van der Waals surface area contributed by atoms with Crippen LogP contribution in [0.15, 0.2) is 18.2 Å². The number of benzene rings is 1. The molecule has 0 aromatic heterocycles. The average Bonchev–Trinajstić information content (AvgIpc) is 2.22. The van der Waals surface area contributed by atoms with E-state index in [4.69, 9.17) is 21.1 Å². The van der Waals surface area contributed by atoms with Crippen LogP contribution >= 0.6 is 11.6 Å². The Hall–Kier alpha value is -1.29. The topological polar surface area (TPSA) is 35.5 Å². The second-order valence-corrected chi connectivity index (χ2v) is 5.25. The molecule has 0 aliphatic heterocycles. The molecule has 0 saturated heterocycles. The second-order valence-electron chi connectivity index (χ2n) is 4.85. The van der Waals surface area contributed by atoms with E-state index in [1.54, 1.807) is 26.8 Å². The van der Waals surface area contributed by atoms with Crippen molar-refractivity contribution in [1.29, 1.82) is 0 Å². The zero-order valence-electron chi connectivity index (χ0n) is 10.8. The molecule has 0 amide bonds. The van der Waals surface area contributed by atoms with Crippen LogP contribution in [0.2, 0.25) is 5.02 Å². The molecule has 0 heterocycles. The molecular formula is C13H16ClFO3. The molecule has 5 heteroatoms. The molecule has 0 aliphatic rings. The zero-order chi connectivity index (χ0) is 13.9. The van der Waals surface area contributed by atoms with Crippen molar-refractivity contribution in [3.63, 3.8) is 0 Å². The van der Waals surface area contributed by atoms with Gasteiger partial charge in [-0.15, -0.1) is 0 Å². The molecule has 1 aromatic carbocycles. The fourth-order valence-electron chi connectivity index (χ4n) is 1.20. The summed E-state index contributed by atoms with van der Waals surface area (Å²) < 4.78 is 23.9. The molecule has 0 radical (unpaired) electrons.